The lowest BCUT2D eigenvalue weighted by molar-refractivity contribution is -0.125. The van der Waals surface area contributed by atoms with Gasteiger partial charge < -0.3 is 5.32 Å². The summed E-state index contributed by atoms with van der Waals surface area (Å²) in [6, 6.07) is 0.158. The normalized spacial score (nSPS) is 14.2. The molecule has 0 aliphatic rings. The van der Waals surface area contributed by atoms with E-state index in [0.717, 1.165) is 38.8 Å². The van der Waals surface area contributed by atoms with Crippen molar-refractivity contribution in [3.8, 4) is 0 Å². The van der Waals surface area contributed by atoms with Crippen molar-refractivity contribution in [1.29, 1.82) is 0 Å². The number of nitrogens with zero attached hydrogens (tertiary/aromatic N) is 1. The predicted molar refractivity (Wildman–Crippen MR) is 69.8 cm³/mol. The van der Waals surface area contributed by atoms with Gasteiger partial charge in [-0.05, 0) is 32.9 Å². The fraction of sp³-hybridized carbons (Fsp3) is 1.00. The Morgan fingerprint density at radius 2 is 1.56 bits per heavy atom. The minimum atomic E-state index is -4.11. The molecular formula is C13H27F3N2. The van der Waals surface area contributed by atoms with E-state index in [1.165, 1.54) is 0 Å². The third-order valence-electron chi connectivity index (χ3n) is 2.99. The van der Waals surface area contributed by atoms with Gasteiger partial charge >= 0.3 is 6.18 Å². The quantitative estimate of drug-likeness (QED) is 0.653. The molecular weight excluding hydrogens is 241 g/mol. The molecule has 0 aromatic carbocycles. The Balaban J connectivity index is 3.98. The standard InChI is InChI=1S/C13H27F3N2/c1-4-6-8-18(9-7-5-2)12(3)10-17-11-13(14,15)16/h12,17H,4-11H2,1-3H3. The van der Waals surface area contributed by atoms with E-state index in [1.807, 2.05) is 6.92 Å². The van der Waals surface area contributed by atoms with Crippen molar-refractivity contribution in [2.75, 3.05) is 26.2 Å². The van der Waals surface area contributed by atoms with Crippen LogP contribution in [-0.4, -0.2) is 43.3 Å². The maximum absolute atomic E-state index is 12.0. The van der Waals surface area contributed by atoms with Gasteiger partial charge in [0.15, 0.2) is 0 Å². The predicted octanol–water partition coefficient (Wildman–Crippen LogP) is 3.43. The number of halogens is 3. The summed E-state index contributed by atoms with van der Waals surface area (Å²) >= 11 is 0. The molecule has 0 aromatic heterocycles. The van der Waals surface area contributed by atoms with Gasteiger partial charge in [0.2, 0.25) is 0 Å². The van der Waals surface area contributed by atoms with Crippen LogP contribution in [0.15, 0.2) is 0 Å². The highest BCUT2D eigenvalue weighted by molar-refractivity contribution is 4.70. The van der Waals surface area contributed by atoms with E-state index >= 15 is 0 Å². The van der Waals surface area contributed by atoms with Crippen LogP contribution >= 0.6 is 0 Å². The van der Waals surface area contributed by atoms with Gasteiger partial charge in [-0.25, -0.2) is 0 Å². The molecule has 2 nitrogen and oxygen atoms in total. The first kappa shape index (κ1) is 17.7. The van der Waals surface area contributed by atoms with E-state index in [4.69, 9.17) is 0 Å². The highest BCUT2D eigenvalue weighted by Gasteiger charge is 2.26. The van der Waals surface area contributed by atoms with E-state index in [-0.39, 0.29) is 6.04 Å². The van der Waals surface area contributed by atoms with Gasteiger partial charge in [0, 0.05) is 12.6 Å². The molecule has 110 valence electrons. The van der Waals surface area contributed by atoms with Gasteiger partial charge in [0.25, 0.3) is 0 Å². The molecule has 18 heavy (non-hydrogen) atoms. The number of alkyl halides is 3. The third kappa shape index (κ3) is 9.71. The van der Waals surface area contributed by atoms with Crippen LogP contribution in [0.1, 0.15) is 46.5 Å². The van der Waals surface area contributed by atoms with Gasteiger partial charge in [-0.1, -0.05) is 26.7 Å². The number of hydrogen-bond acceptors (Lipinski definition) is 2. The van der Waals surface area contributed by atoms with Gasteiger partial charge in [-0.15, -0.1) is 0 Å². The Kier molecular flexibility index (Phi) is 9.46. The molecule has 0 rings (SSSR count). The molecule has 1 N–H and O–H groups in total. The average Bonchev–Trinajstić information content (AvgIpc) is 2.27. The van der Waals surface area contributed by atoms with Crippen molar-refractivity contribution in [1.82, 2.24) is 10.2 Å². The first-order chi connectivity index (χ1) is 8.40. The fourth-order valence-corrected chi connectivity index (χ4v) is 1.83. The molecule has 1 atom stereocenters. The summed E-state index contributed by atoms with van der Waals surface area (Å²) in [5.74, 6) is 0. The second kappa shape index (κ2) is 9.62. The first-order valence-corrected chi connectivity index (χ1v) is 6.92. The van der Waals surface area contributed by atoms with Crippen LogP contribution in [0.25, 0.3) is 0 Å². The number of hydrogen-bond donors (Lipinski definition) is 1. The van der Waals surface area contributed by atoms with Crippen molar-refractivity contribution in [3.63, 3.8) is 0 Å². The number of rotatable bonds is 10. The summed E-state index contributed by atoms with van der Waals surface area (Å²) in [5, 5.41) is 2.49. The molecule has 0 aromatic rings. The third-order valence-corrected chi connectivity index (χ3v) is 2.99. The highest BCUT2D eigenvalue weighted by Crippen LogP contribution is 2.12. The molecule has 0 bridgehead atoms. The maximum Gasteiger partial charge on any atom is 0.401 e. The van der Waals surface area contributed by atoms with E-state index in [0.29, 0.717) is 6.54 Å². The maximum atomic E-state index is 12.0. The molecule has 1 unspecified atom stereocenters. The van der Waals surface area contributed by atoms with E-state index in [1.54, 1.807) is 0 Å². The summed E-state index contributed by atoms with van der Waals surface area (Å²) in [6.07, 6.45) is 0.328. The van der Waals surface area contributed by atoms with Gasteiger partial charge in [-0.3, -0.25) is 4.90 Å². The van der Waals surface area contributed by atoms with Crippen molar-refractivity contribution >= 4 is 0 Å². The molecule has 0 saturated carbocycles. The van der Waals surface area contributed by atoms with E-state index in [9.17, 15) is 13.2 Å². The fourth-order valence-electron chi connectivity index (χ4n) is 1.83. The molecule has 0 aliphatic heterocycles. The second-order valence-corrected chi connectivity index (χ2v) is 4.84. The van der Waals surface area contributed by atoms with Crippen LogP contribution in [-0.2, 0) is 0 Å². The Labute approximate surface area is 109 Å². The van der Waals surface area contributed by atoms with Crippen LogP contribution in [0.5, 0.6) is 0 Å². The van der Waals surface area contributed by atoms with Crippen LogP contribution in [0, 0.1) is 0 Å². The van der Waals surface area contributed by atoms with Crippen LogP contribution in [0.4, 0.5) is 13.2 Å². The number of unbranched alkanes of at least 4 members (excludes halogenated alkanes) is 2. The molecule has 0 spiro atoms. The Hall–Kier alpha value is -0.290. The van der Waals surface area contributed by atoms with Crippen molar-refractivity contribution in [3.05, 3.63) is 0 Å². The smallest absolute Gasteiger partial charge is 0.307 e. The molecule has 0 amide bonds. The van der Waals surface area contributed by atoms with Crippen molar-refractivity contribution in [2.45, 2.75) is 58.7 Å². The SMILES string of the molecule is CCCCN(CCCC)C(C)CNCC(F)(F)F. The summed E-state index contributed by atoms with van der Waals surface area (Å²) in [7, 11) is 0. The molecule has 0 fully saturated rings. The summed E-state index contributed by atoms with van der Waals surface area (Å²) in [5.41, 5.74) is 0. The first-order valence-electron chi connectivity index (χ1n) is 6.92. The van der Waals surface area contributed by atoms with Gasteiger partial charge in [0.1, 0.15) is 0 Å². The van der Waals surface area contributed by atoms with Gasteiger partial charge in [-0.2, -0.15) is 13.2 Å². The monoisotopic (exact) mass is 268 g/mol. The Morgan fingerprint density at radius 3 is 1.94 bits per heavy atom. The van der Waals surface area contributed by atoms with Crippen LogP contribution in [0.2, 0.25) is 0 Å². The zero-order valence-electron chi connectivity index (χ0n) is 11.8. The molecule has 0 radical (unpaired) electrons. The van der Waals surface area contributed by atoms with Crippen LogP contribution < -0.4 is 5.32 Å². The summed E-state index contributed by atoms with van der Waals surface area (Å²) in [6.45, 7) is 7.71. The zero-order valence-corrected chi connectivity index (χ0v) is 11.8. The highest BCUT2D eigenvalue weighted by atomic mass is 19.4. The zero-order chi connectivity index (χ0) is 14.0. The Bertz CT molecular complexity index is 187. The lowest BCUT2D eigenvalue weighted by Crippen LogP contribution is -2.43. The van der Waals surface area contributed by atoms with Gasteiger partial charge in [0.05, 0.1) is 6.54 Å². The molecule has 0 heterocycles. The molecule has 0 aliphatic carbocycles. The lowest BCUT2D eigenvalue weighted by atomic mass is 10.2. The van der Waals surface area contributed by atoms with E-state index in [2.05, 4.69) is 24.1 Å². The Morgan fingerprint density at radius 1 is 1.06 bits per heavy atom. The molecule has 0 saturated heterocycles. The topological polar surface area (TPSA) is 15.3 Å². The minimum Gasteiger partial charge on any atom is -0.307 e. The largest absolute Gasteiger partial charge is 0.401 e. The summed E-state index contributed by atoms with van der Waals surface area (Å²) in [4.78, 5) is 2.29. The minimum absolute atomic E-state index is 0.158. The second-order valence-electron chi connectivity index (χ2n) is 4.84. The van der Waals surface area contributed by atoms with Crippen molar-refractivity contribution in [2.24, 2.45) is 0 Å². The number of nitrogens with one attached hydrogen (secondary N) is 1. The average molecular weight is 268 g/mol. The van der Waals surface area contributed by atoms with Crippen molar-refractivity contribution < 1.29 is 13.2 Å². The molecule has 5 heteroatoms. The summed E-state index contributed by atoms with van der Waals surface area (Å²) < 4.78 is 36.1. The van der Waals surface area contributed by atoms with E-state index < -0.39 is 12.7 Å². The van der Waals surface area contributed by atoms with Crippen LogP contribution in [0.3, 0.4) is 0 Å². The lowest BCUT2D eigenvalue weighted by Gasteiger charge is -2.29.